The zero-order chi connectivity index (χ0) is 43.1. The van der Waals surface area contributed by atoms with Crippen molar-refractivity contribution in [2.45, 2.75) is 105 Å². The largest absolute Gasteiger partial charge is 0.341 e. The van der Waals surface area contributed by atoms with Gasteiger partial charge >= 0.3 is 0 Å². The molecular formula is C48H50IrN4-2. The Kier molecular flexibility index (Phi) is 5.90. The van der Waals surface area contributed by atoms with Crippen LogP contribution in [0.5, 0.6) is 0 Å². The Labute approximate surface area is 337 Å². The van der Waals surface area contributed by atoms with Crippen molar-refractivity contribution in [3.63, 3.8) is 0 Å². The minimum atomic E-state index is -0.436. The Morgan fingerprint density at radius 1 is 0.604 bits per heavy atom. The standard InChI is InChI=1S/2C24H25N2.Ir/c2*1-22(2)17-13-19-20(14-18(17)23(3,4)24(22,5)6)26-12-11-15-9-7-8-10-16(15)21(26)25-19;/h2*7-9,11-14H,1-6H3;/q2*-1;/i7D,8D,9D,11D,12D,13D,14D;;. The van der Waals surface area contributed by atoms with Crippen molar-refractivity contribution in [2.75, 3.05) is 0 Å². The number of imidazole rings is 2. The van der Waals surface area contributed by atoms with Gasteiger partial charge in [-0.2, -0.15) is 0 Å². The number of benzene rings is 4. The first-order chi connectivity index (χ1) is 27.2. The molecule has 0 saturated carbocycles. The summed E-state index contributed by atoms with van der Waals surface area (Å²) < 4.78 is 63.5. The maximum atomic E-state index is 9.22. The van der Waals surface area contributed by atoms with Crippen LogP contribution >= 0.6 is 0 Å². The fourth-order valence-electron chi connectivity index (χ4n) is 9.19. The van der Waals surface area contributed by atoms with E-state index in [0.29, 0.717) is 0 Å². The fraction of sp³-hybridized carbons (Fsp3) is 0.375. The molecule has 10 rings (SSSR count). The third-order valence-electron chi connectivity index (χ3n) is 15.0. The SMILES string of the molecule is CC1(C)c2cc3nc4c5[c-]cccc5ccn4c3cc2C(C)(C)C1(C)C.[2H]c1[c-]c2c(c([2H])c1[2H])c([2H])c([2H])n1c2nc2c([2H])c3c(c([2H])c21)C(C)(C)C(C)(C)C3(C)C.[Ir]. The second kappa shape index (κ2) is 11.0. The summed E-state index contributed by atoms with van der Waals surface area (Å²) in [5, 5.41) is 2.50. The van der Waals surface area contributed by atoms with Crippen LogP contribution in [0.2, 0.25) is 0 Å². The number of nitrogens with zero attached hydrogens (tertiary/aromatic N) is 4. The molecule has 0 amide bonds. The van der Waals surface area contributed by atoms with Gasteiger partial charge in [0.2, 0.25) is 0 Å². The molecule has 0 spiro atoms. The van der Waals surface area contributed by atoms with Gasteiger partial charge < -0.3 is 8.80 Å². The molecule has 0 N–H and O–H groups in total. The van der Waals surface area contributed by atoms with Crippen LogP contribution < -0.4 is 0 Å². The molecule has 2 aliphatic carbocycles. The van der Waals surface area contributed by atoms with E-state index in [-0.39, 0.29) is 112 Å². The molecule has 0 bridgehead atoms. The van der Waals surface area contributed by atoms with E-state index >= 15 is 0 Å². The fourth-order valence-corrected chi connectivity index (χ4v) is 9.19. The minimum Gasteiger partial charge on any atom is -0.341 e. The first-order valence-corrected chi connectivity index (χ1v) is 18.3. The van der Waals surface area contributed by atoms with Gasteiger partial charge in [0.25, 0.3) is 0 Å². The van der Waals surface area contributed by atoms with E-state index in [1.807, 2.05) is 12.1 Å². The van der Waals surface area contributed by atoms with Crippen LogP contribution in [0.1, 0.15) is 115 Å². The van der Waals surface area contributed by atoms with Crippen LogP contribution in [-0.4, -0.2) is 18.8 Å². The summed E-state index contributed by atoms with van der Waals surface area (Å²) in [5.41, 5.74) is 7.71. The van der Waals surface area contributed by atoms with Crippen LogP contribution in [0, 0.1) is 23.0 Å². The predicted molar refractivity (Wildman–Crippen MR) is 218 cm³/mol. The van der Waals surface area contributed by atoms with Crippen LogP contribution in [0.4, 0.5) is 0 Å². The molecule has 53 heavy (non-hydrogen) atoms. The van der Waals surface area contributed by atoms with Gasteiger partial charge in [-0.25, -0.2) is 0 Å². The van der Waals surface area contributed by atoms with Crippen molar-refractivity contribution >= 4 is 54.9 Å². The number of rotatable bonds is 0. The zero-order valence-corrected chi connectivity index (χ0v) is 35.1. The number of fused-ring (bicyclic) bond motifs is 12. The maximum absolute atomic E-state index is 9.22. The van der Waals surface area contributed by atoms with E-state index in [4.69, 9.17) is 13.2 Å². The minimum absolute atomic E-state index is 0. The van der Waals surface area contributed by atoms with Gasteiger partial charge in [-0.3, -0.25) is 9.97 Å². The molecule has 4 aromatic heterocycles. The van der Waals surface area contributed by atoms with Crippen molar-refractivity contribution in [3.05, 3.63) is 119 Å². The van der Waals surface area contributed by atoms with Crippen molar-refractivity contribution in [3.8, 4) is 0 Å². The Morgan fingerprint density at radius 3 is 1.89 bits per heavy atom. The van der Waals surface area contributed by atoms with Gasteiger partial charge in [0.05, 0.1) is 38.8 Å². The van der Waals surface area contributed by atoms with Gasteiger partial charge in [-0.15, -0.1) is 70.0 Å². The number of aromatic nitrogens is 4. The Bertz CT molecular complexity index is 3210. The van der Waals surface area contributed by atoms with E-state index in [1.54, 1.807) is 0 Å². The molecule has 273 valence electrons. The quantitative estimate of drug-likeness (QED) is 0.142. The normalized spacial score (nSPS) is 21.5. The van der Waals surface area contributed by atoms with E-state index in [2.05, 4.69) is 135 Å². The molecule has 0 fully saturated rings. The molecule has 4 heterocycles. The first-order valence-electron chi connectivity index (χ1n) is 21.8. The molecule has 1 radical (unpaired) electrons. The van der Waals surface area contributed by atoms with Crippen molar-refractivity contribution < 1.29 is 29.7 Å². The summed E-state index contributed by atoms with van der Waals surface area (Å²) in [6.45, 7) is 27.0. The zero-order valence-electron chi connectivity index (χ0n) is 39.7. The number of hydrogen-bond acceptors (Lipinski definition) is 2. The predicted octanol–water partition coefficient (Wildman–Crippen LogP) is 12.1. The average molecular weight is 882 g/mol. The molecule has 0 atom stereocenters. The second-order valence-electron chi connectivity index (χ2n) is 18.2. The average Bonchev–Trinajstić information content (AvgIpc) is 3.81. The Hall–Kier alpha value is -4.05. The third-order valence-corrected chi connectivity index (χ3v) is 15.0. The van der Waals surface area contributed by atoms with Crippen molar-refractivity contribution in [1.29, 1.82) is 0 Å². The van der Waals surface area contributed by atoms with E-state index < -0.39 is 10.8 Å². The van der Waals surface area contributed by atoms with Crippen molar-refractivity contribution in [2.24, 2.45) is 10.8 Å². The van der Waals surface area contributed by atoms with Crippen LogP contribution in [-0.2, 0) is 41.8 Å². The topological polar surface area (TPSA) is 34.6 Å². The van der Waals surface area contributed by atoms with Crippen molar-refractivity contribution in [1.82, 2.24) is 18.8 Å². The first kappa shape index (κ1) is 28.4. The summed E-state index contributed by atoms with van der Waals surface area (Å²) in [5.74, 6) is 0. The number of pyridine rings is 2. The summed E-state index contributed by atoms with van der Waals surface area (Å²) in [6, 6.07) is 18.3. The van der Waals surface area contributed by atoms with Gasteiger partial charge in [-0.1, -0.05) is 95.2 Å². The van der Waals surface area contributed by atoms with Gasteiger partial charge in [0, 0.05) is 22.8 Å². The maximum Gasteiger partial charge on any atom is 0.0806 e. The van der Waals surface area contributed by atoms with Gasteiger partial charge in [0.1, 0.15) is 0 Å². The van der Waals surface area contributed by atoms with E-state index in [9.17, 15) is 1.37 Å². The second-order valence-corrected chi connectivity index (χ2v) is 18.2. The molecule has 0 aliphatic heterocycles. The van der Waals surface area contributed by atoms with E-state index in [0.717, 1.165) is 27.7 Å². The smallest absolute Gasteiger partial charge is 0.0806 e. The Balaban J connectivity index is 0.000000168. The molecule has 2 aliphatic rings. The van der Waals surface area contributed by atoms with Crippen LogP contribution in [0.15, 0.2) is 85.0 Å². The van der Waals surface area contributed by atoms with Crippen LogP contribution in [0.25, 0.3) is 54.9 Å². The molecular weight excluding hydrogens is 825 g/mol. The van der Waals surface area contributed by atoms with Crippen LogP contribution in [0.3, 0.4) is 0 Å². The Morgan fingerprint density at radius 2 is 1.19 bits per heavy atom. The molecule has 0 unspecified atom stereocenters. The molecule has 4 aromatic carbocycles. The number of hydrogen-bond donors (Lipinski definition) is 0. The van der Waals surface area contributed by atoms with Gasteiger partial charge in [0.15, 0.2) is 0 Å². The van der Waals surface area contributed by atoms with Gasteiger partial charge in [-0.05, 0) is 92.7 Å². The summed E-state index contributed by atoms with van der Waals surface area (Å²) in [7, 11) is 0. The van der Waals surface area contributed by atoms with E-state index in [1.165, 1.54) is 26.4 Å². The molecule has 8 aromatic rings. The third kappa shape index (κ3) is 4.38. The monoisotopic (exact) mass is 882 g/mol. The summed E-state index contributed by atoms with van der Waals surface area (Å²) in [6.07, 6.45) is 1.88. The molecule has 4 nitrogen and oxygen atoms in total. The summed E-state index contributed by atoms with van der Waals surface area (Å²) >= 11 is 0. The molecule has 5 heteroatoms. The summed E-state index contributed by atoms with van der Waals surface area (Å²) in [4.78, 5) is 9.66. The molecule has 0 saturated heterocycles.